The number of hydrogen-bond donors (Lipinski definition) is 1. The molecule has 3 aromatic rings. The maximum absolute atomic E-state index is 4.24. The van der Waals surface area contributed by atoms with Gasteiger partial charge in [0.25, 0.3) is 0 Å². The van der Waals surface area contributed by atoms with Crippen LogP contribution in [0.3, 0.4) is 0 Å². The third kappa shape index (κ3) is 2.48. The van der Waals surface area contributed by atoms with Crippen molar-refractivity contribution in [2.24, 2.45) is 5.10 Å². The third-order valence-corrected chi connectivity index (χ3v) is 4.11. The summed E-state index contributed by atoms with van der Waals surface area (Å²) in [4.78, 5) is 5.32. The summed E-state index contributed by atoms with van der Waals surface area (Å²) in [5.74, 6) is 0.748. The first-order valence-electron chi connectivity index (χ1n) is 6.03. The van der Waals surface area contributed by atoms with Crippen molar-refractivity contribution in [3.05, 3.63) is 59.1 Å². The molecule has 0 saturated heterocycles. The predicted molar refractivity (Wildman–Crippen MR) is 82.0 cm³/mol. The SMILES string of the molecule is Cc1c(/C=N/Nc2ccccn2)sc2ccccc12. The van der Waals surface area contributed by atoms with Gasteiger partial charge in [0.2, 0.25) is 0 Å². The molecule has 0 unspecified atom stereocenters. The molecule has 0 atom stereocenters. The summed E-state index contributed by atoms with van der Waals surface area (Å²) in [5, 5.41) is 5.54. The highest BCUT2D eigenvalue weighted by molar-refractivity contribution is 7.20. The molecule has 1 N–H and O–H groups in total. The standard InChI is InChI=1S/C15H13N3S/c1-11-12-6-2-3-7-13(12)19-14(11)10-17-18-15-8-4-5-9-16-15/h2-10H,1H3,(H,16,18)/b17-10+. The molecule has 0 bridgehead atoms. The van der Waals surface area contributed by atoms with Crippen molar-refractivity contribution in [1.29, 1.82) is 0 Å². The summed E-state index contributed by atoms with van der Waals surface area (Å²) in [6.07, 6.45) is 3.59. The van der Waals surface area contributed by atoms with Crippen LogP contribution in [0.5, 0.6) is 0 Å². The average Bonchev–Trinajstić information content (AvgIpc) is 2.78. The highest BCUT2D eigenvalue weighted by Crippen LogP contribution is 2.29. The molecule has 3 rings (SSSR count). The summed E-state index contributed by atoms with van der Waals surface area (Å²) < 4.78 is 1.29. The van der Waals surface area contributed by atoms with Gasteiger partial charge >= 0.3 is 0 Å². The molecular formula is C15H13N3S. The Hall–Kier alpha value is -2.20. The van der Waals surface area contributed by atoms with E-state index in [-0.39, 0.29) is 0 Å². The normalized spacial score (nSPS) is 11.2. The minimum absolute atomic E-state index is 0.748. The second-order valence-electron chi connectivity index (χ2n) is 4.17. The third-order valence-electron chi connectivity index (χ3n) is 2.91. The van der Waals surface area contributed by atoms with Crippen LogP contribution >= 0.6 is 11.3 Å². The molecule has 0 radical (unpaired) electrons. The number of hydrazone groups is 1. The number of pyridine rings is 1. The van der Waals surface area contributed by atoms with Crippen LogP contribution in [0.2, 0.25) is 0 Å². The minimum atomic E-state index is 0.748. The molecule has 4 heteroatoms. The lowest BCUT2D eigenvalue weighted by Crippen LogP contribution is -1.92. The molecule has 0 aliphatic carbocycles. The van der Waals surface area contributed by atoms with Gasteiger partial charge in [-0.05, 0) is 36.1 Å². The van der Waals surface area contributed by atoms with E-state index in [1.54, 1.807) is 17.5 Å². The molecule has 0 fully saturated rings. The van der Waals surface area contributed by atoms with E-state index in [9.17, 15) is 0 Å². The zero-order valence-corrected chi connectivity index (χ0v) is 11.3. The molecule has 19 heavy (non-hydrogen) atoms. The van der Waals surface area contributed by atoms with Gasteiger partial charge in [-0.1, -0.05) is 24.3 Å². The number of fused-ring (bicyclic) bond motifs is 1. The molecule has 3 nitrogen and oxygen atoms in total. The van der Waals surface area contributed by atoms with E-state index in [1.807, 2.05) is 24.4 Å². The minimum Gasteiger partial charge on any atom is -0.261 e. The fourth-order valence-corrected chi connectivity index (χ4v) is 2.99. The van der Waals surface area contributed by atoms with E-state index in [0.29, 0.717) is 0 Å². The molecule has 2 heterocycles. The van der Waals surface area contributed by atoms with E-state index in [2.05, 4.69) is 46.7 Å². The lowest BCUT2D eigenvalue weighted by molar-refractivity contribution is 1.23. The largest absolute Gasteiger partial charge is 0.261 e. The monoisotopic (exact) mass is 267 g/mol. The number of nitrogens with zero attached hydrogens (tertiary/aromatic N) is 2. The first kappa shape index (κ1) is 11.9. The topological polar surface area (TPSA) is 37.3 Å². The molecule has 94 valence electrons. The van der Waals surface area contributed by atoms with Crippen molar-refractivity contribution in [2.45, 2.75) is 6.92 Å². The van der Waals surface area contributed by atoms with Crippen molar-refractivity contribution in [3.63, 3.8) is 0 Å². The number of rotatable bonds is 3. The molecular weight excluding hydrogens is 254 g/mol. The van der Waals surface area contributed by atoms with Crippen LogP contribution in [-0.2, 0) is 0 Å². The van der Waals surface area contributed by atoms with Crippen LogP contribution in [0, 0.1) is 6.92 Å². The number of aromatic nitrogens is 1. The van der Waals surface area contributed by atoms with E-state index >= 15 is 0 Å². The highest BCUT2D eigenvalue weighted by Gasteiger charge is 2.05. The lowest BCUT2D eigenvalue weighted by atomic mass is 10.1. The van der Waals surface area contributed by atoms with Crippen LogP contribution in [0.1, 0.15) is 10.4 Å². The molecule has 2 aromatic heterocycles. The van der Waals surface area contributed by atoms with E-state index in [4.69, 9.17) is 0 Å². The molecule has 0 aliphatic heterocycles. The van der Waals surface area contributed by atoms with Crippen LogP contribution in [-0.4, -0.2) is 11.2 Å². The van der Waals surface area contributed by atoms with E-state index in [0.717, 1.165) is 5.82 Å². The first-order valence-corrected chi connectivity index (χ1v) is 6.84. The average molecular weight is 267 g/mol. The zero-order valence-electron chi connectivity index (χ0n) is 10.5. The zero-order chi connectivity index (χ0) is 13.1. The maximum atomic E-state index is 4.24. The van der Waals surface area contributed by atoms with Gasteiger partial charge in [-0.3, -0.25) is 5.43 Å². The summed E-state index contributed by atoms with van der Waals surface area (Å²) in [6.45, 7) is 2.13. The van der Waals surface area contributed by atoms with Crippen molar-refractivity contribution >= 4 is 33.5 Å². The first-order chi connectivity index (χ1) is 9.34. The highest BCUT2D eigenvalue weighted by atomic mass is 32.1. The number of thiophene rings is 1. The van der Waals surface area contributed by atoms with Gasteiger partial charge < -0.3 is 0 Å². The Morgan fingerprint density at radius 3 is 2.79 bits per heavy atom. The van der Waals surface area contributed by atoms with Gasteiger partial charge in [-0.25, -0.2) is 4.98 Å². The van der Waals surface area contributed by atoms with Gasteiger partial charge in [0.1, 0.15) is 5.82 Å². The second kappa shape index (κ2) is 5.20. The number of anilines is 1. The molecule has 1 aromatic carbocycles. The van der Waals surface area contributed by atoms with Gasteiger partial charge in [0, 0.05) is 10.9 Å². The van der Waals surface area contributed by atoms with Crippen molar-refractivity contribution < 1.29 is 0 Å². The Kier molecular flexibility index (Phi) is 3.25. The summed E-state index contributed by atoms with van der Waals surface area (Å²) >= 11 is 1.75. The molecule has 0 spiro atoms. The Bertz CT molecular complexity index is 717. The second-order valence-corrected chi connectivity index (χ2v) is 5.26. The van der Waals surface area contributed by atoms with Crippen molar-refractivity contribution in [3.8, 4) is 0 Å². The Morgan fingerprint density at radius 2 is 2.00 bits per heavy atom. The smallest absolute Gasteiger partial charge is 0.146 e. The number of nitrogens with one attached hydrogen (secondary N) is 1. The molecule has 0 saturated carbocycles. The number of hydrogen-bond acceptors (Lipinski definition) is 4. The van der Waals surface area contributed by atoms with Crippen LogP contribution < -0.4 is 5.43 Å². The number of aryl methyl sites for hydroxylation is 1. The van der Waals surface area contributed by atoms with Gasteiger partial charge in [0.05, 0.1) is 11.1 Å². The Labute approximate surface area is 115 Å². The molecule has 0 amide bonds. The van der Waals surface area contributed by atoms with E-state index < -0.39 is 0 Å². The van der Waals surface area contributed by atoms with Gasteiger partial charge in [-0.15, -0.1) is 11.3 Å². The Balaban J connectivity index is 1.83. The summed E-state index contributed by atoms with van der Waals surface area (Å²) in [7, 11) is 0. The van der Waals surface area contributed by atoms with Gasteiger partial charge in [0.15, 0.2) is 0 Å². The van der Waals surface area contributed by atoms with Crippen LogP contribution in [0.4, 0.5) is 5.82 Å². The number of benzene rings is 1. The van der Waals surface area contributed by atoms with Crippen molar-refractivity contribution in [2.75, 3.05) is 5.43 Å². The lowest BCUT2D eigenvalue weighted by Gasteiger charge is -1.96. The fraction of sp³-hybridized carbons (Fsp3) is 0.0667. The van der Waals surface area contributed by atoms with Crippen LogP contribution in [0.25, 0.3) is 10.1 Å². The van der Waals surface area contributed by atoms with E-state index in [1.165, 1.54) is 20.5 Å². The fourth-order valence-electron chi connectivity index (χ4n) is 1.90. The van der Waals surface area contributed by atoms with Crippen molar-refractivity contribution in [1.82, 2.24) is 4.98 Å². The van der Waals surface area contributed by atoms with Crippen LogP contribution in [0.15, 0.2) is 53.8 Å². The molecule has 0 aliphatic rings. The summed E-state index contributed by atoms with van der Waals surface area (Å²) in [6, 6.07) is 14.1. The Morgan fingerprint density at radius 1 is 1.16 bits per heavy atom. The summed E-state index contributed by atoms with van der Waals surface area (Å²) in [5.41, 5.74) is 4.20. The quantitative estimate of drug-likeness (QED) is 0.574. The van der Waals surface area contributed by atoms with Gasteiger partial charge in [-0.2, -0.15) is 5.10 Å². The predicted octanol–water partition coefficient (Wildman–Crippen LogP) is 4.05. The maximum Gasteiger partial charge on any atom is 0.146 e.